The highest BCUT2D eigenvalue weighted by Crippen LogP contribution is 2.32. The molecular formula is C23H29N3O3. The highest BCUT2D eigenvalue weighted by molar-refractivity contribution is 6.01. The lowest BCUT2D eigenvalue weighted by molar-refractivity contribution is -0.126. The van der Waals surface area contributed by atoms with Gasteiger partial charge in [-0.15, -0.1) is 0 Å². The normalized spacial score (nSPS) is 16.3. The van der Waals surface area contributed by atoms with Crippen LogP contribution in [0.4, 0.5) is 5.69 Å². The Morgan fingerprint density at radius 2 is 1.90 bits per heavy atom. The molecule has 2 aromatic carbocycles. The van der Waals surface area contributed by atoms with Crippen LogP contribution in [0.2, 0.25) is 0 Å². The standard InChI is InChI=1S/C23H29N3O3/c1-25(16-18-9-4-3-5-10-18)14-8-13-24-23(28)19-15-22(27)26(17-19)20-11-6-7-12-21(20)29-2/h3-7,9-12,19H,8,13-17H2,1-2H3,(H,24,28)/t19-/m1/s1. The number of anilines is 1. The average molecular weight is 396 g/mol. The first kappa shape index (κ1) is 20.9. The van der Waals surface area contributed by atoms with E-state index in [0.29, 0.717) is 18.8 Å². The molecule has 1 atom stereocenters. The van der Waals surface area contributed by atoms with E-state index >= 15 is 0 Å². The maximum Gasteiger partial charge on any atom is 0.227 e. The van der Waals surface area contributed by atoms with Crippen molar-refractivity contribution in [1.82, 2.24) is 10.2 Å². The molecular weight excluding hydrogens is 366 g/mol. The maximum absolute atomic E-state index is 12.5. The van der Waals surface area contributed by atoms with Crippen molar-refractivity contribution < 1.29 is 14.3 Å². The van der Waals surface area contributed by atoms with Crippen molar-refractivity contribution >= 4 is 17.5 Å². The quantitative estimate of drug-likeness (QED) is 0.663. The summed E-state index contributed by atoms with van der Waals surface area (Å²) in [6, 6.07) is 17.7. The number of nitrogens with zero attached hydrogens (tertiary/aromatic N) is 2. The van der Waals surface area contributed by atoms with Crippen LogP contribution in [0.1, 0.15) is 18.4 Å². The number of ether oxygens (including phenoxy) is 1. The van der Waals surface area contributed by atoms with Crippen molar-refractivity contribution in [3.63, 3.8) is 0 Å². The fourth-order valence-electron chi connectivity index (χ4n) is 3.65. The van der Waals surface area contributed by atoms with Gasteiger partial charge in [0.2, 0.25) is 11.8 Å². The number of carbonyl (C=O) groups is 2. The fraction of sp³-hybridized carbons (Fsp3) is 0.391. The molecule has 0 aliphatic carbocycles. The Balaban J connectivity index is 1.42. The largest absolute Gasteiger partial charge is 0.495 e. The lowest BCUT2D eigenvalue weighted by Gasteiger charge is -2.19. The topological polar surface area (TPSA) is 61.9 Å². The monoisotopic (exact) mass is 395 g/mol. The van der Waals surface area contributed by atoms with Gasteiger partial charge in [-0.3, -0.25) is 9.59 Å². The van der Waals surface area contributed by atoms with E-state index in [-0.39, 0.29) is 24.2 Å². The Bertz CT molecular complexity index is 825. The Morgan fingerprint density at radius 1 is 1.17 bits per heavy atom. The second-order valence-corrected chi connectivity index (χ2v) is 7.45. The molecule has 29 heavy (non-hydrogen) atoms. The van der Waals surface area contributed by atoms with E-state index in [0.717, 1.165) is 25.2 Å². The molecule has 6 heteroatoms. The number of carbonyl (C=O) groups excluding carboxylic acids is 2. The van der Waals surface area contributed by atoms with Crippen LogP contribution >= 0.6 is 0 Å². The minimum absolute atomic E-state index is 0.0442. The number of benzene rings is 2. The zero-order valence-electron chi connectivity index (χ0n) is 17.1. The lowest BCUT2D eigenvalue weighted by atomic mass is 10.1. The summed E-state index contributed by atoms with van der Waals surface area (Å²) < 4.78 is 5.35. The van der Waals surface area contributed by atoms with Crippen LogP contribution in [0, 0.1) is 5.92 Å². The van der Waals surface area contributed by atoms with Crippen LogP contribution in [0.25, 0.3) is 0 Å². The second-order valence-electron chi connectivity index (χ2n) is 7.45. The summed E-state index contributed by atoms with van der Waals surface area (Å²) >= 11 is 0. The van der Waals surface area contributed by atoms with Gasteiger partial charge < -0.3 is 19.9 Å². The van der Waals surface area contributed by atoms with Crippen molar-refractivity contribution in [3.05, 3.63) is 60.2 Å². The van der Waals surface area contributed by atoms with E-state index in [4.69, 9.17) is 4.74 Å². The van der Waals surface area contributed by atoms with Gasteiger partial charge in [-0.1, -0.05) is 42.5 Å². The number of nitrogens with one attached hydrogen (secondary N) is 1. The summed E-state index contributed by atoms with van der Waals surface area (Å²) in [5, 5.41) is 2.99. The molecule has 0 spiro atoms. The van der Waals surface area contributed by atoms with Crippen molar-refractivity contribution in [3.8, 4) is 5.75 Å². The van der Waals surface area contributed by atoms with E-state index in [1.807, 2.05) is 42.5 Å². The van der Waals surface area contributed by atoms with Crippen molar-refractivity contribution in [2.24, 2.45) is 5.92 Å². The number of hydrogen-bond acceptors (Lipinski definition) is 4. The van der Waals surface area contributed by atoms with Crippen molar-refractivity contribution in [1.29, 1.82) is 0 Å². The molecule has 2 aromatic rings. The van der Waals surface area contributed by atoms with Crippen molar-refractivity contribution in [2.45, 2.75) is 19.4 Å². The number of amides is 2. The molecule has 0 radical (unpaired) electrons. The van der Waals surface area contributed by atoms with E-state index in [2.05, 4.69) is 29.4 Å². The summed E-state index contributed by atoms with van der Waals surface area (Å²) in [6.07, 6.45) is 1.10. The van der Waals surface area contributed by atoms with Crippen LogP contribution in [0.15, 0.2) is 54.6 Å². The minimum atomic E-state index is -0.325. The highest BCUT2D eigenvalue weighted by Gasteiger charge is 2.36. The summed E-state index contributed by atoms with van der Waals surface area (Å²) in [5.41, 5.74) is 2.00. The molecule has 0 aromatic heterocycles. The van der Waals surface area contributed by atoms with Gasteiger partial charge in [-0.05, 0) is 37.7 Å². The summed E-state index contributed by atoms with van der Waals surface area (Å²) in [5.74, 6) is 0.219. The Kier molecular flexibility index (Phi) is 7.25. The van der Waals surface area contributed by atoms with Crippen LogP contribution < -0.4 is 15.0 Å². The Morgan fingerprint density at radius 3 is 2.66 bits per heavy atom. The third-order valence-electron chi connectivity index (χ3n) is 5.18. The molecule has 1 aliphatic heterocycles. The number of methoxy groups -OCH3 is 1. The second kappa shape index (κ2) is 10.1. The number of rotatable bonds is 9. The number of hydrogen-bond donors (Lipinski definition) is 1. The molecule has 1 aliphatic rings. The fourth-order valence-corrected chi connectivity index (χ4v) is 3.65. The molecule has 1 heterocycles. The molecule has 0 bridgehead atoms. The van der Waals surface area contributed by atoms with Crippen LogP contribution in [-0.4, -0.2) is 50.5 Å². The molecule has 1 saturated heterocycles. The molecule has 6 nitrogen and oxygen atoms in total. The smallest absolute Gasteiger partial charge is 0.227 e. The Hall–Kier alpha value is -2.86. The van der Waals surface area contributed by atoms with Gasteiger partial charge in [0, 0.05) is 26.1 Å². The molecule has 0 saturated carbocycles. The van der Waals surface area contributed by atoms with Gasteiger partial charge in [0.05, 0.1) is 18.7 Å². The van der Waals surface area contributed by atoms with E-state index in [1.54, 1.807) is 12.0 Å². The van der Waals surface area contributed by atoms with Gasteiger partial charge in [0.1, 0.15) is 5.75 Å². The number of para-hydroxylation sites is 2. The van der Waals surface area contributed by atoms with E-state index in [1.165, 1.54) is 5.56 Å². The van der Waals surface area contributed by atoms with E-state index < -0.39 is 0 Å². The zero-order valence-corrected chi connectivity index (χ0v) is 17.1. The molecule has 1 fully saturated rings. The predicted octanol–water partition coefficient (Wildman–Crippen LogP) is 2.69. The van der Waals surface area contributed by atoms with Gasteiger partial charge in [0.25, 0.3) is 0 Å². The summed E-state index contributed by atoms with van der Waals surface area (Å²) in [4.78, 5) is 28.8. The first-order valence-corrected chi connectivity index (χ1v) is 10.0. The van der Waals surface area contributed by atoms with Crippen molar-refractivity contribution in [2.75, 3.05) is 38.7 Å². The van der Waals surface area contributed by atoms with Crippen LogP contribution in [0.5, 0.6) is 5.75 Å². The van der Waals surface area contributed by atoms with Gasteiger partial charge >= 0.3 is 0 Å². The van der Waals surface area contributed by atoms with Crippen LogP contribution in [-0.2, 0) is 16.1 Å². The third kappa shape index (κ3) is 5.57. The SMILES string of the molecule is COc1ccccc1N1C[C@H](C(=O)NCCCN(C)Cc2ccccc2)CC1=O. The maximum atomic E-state index is 12.5. The Labute approximate surface area is 172 Å². The highest BCUT2D eigenvalue weighted by atomic mass is 16.5. The van der Waals surface area contributed by atoms with Crippen LogP contribution in [0.3, 0.4) is 0 Å². The van der Waals surface area contributed by atoms with Gasteiger partial charge in [-0.25, -0.2) is 0 Å². The first-order chi connectivity index (χ1) is 14.1. The molecule has 3 rings (SSSR count). The van der Waals surface area contributed by atoms with E-state index in [9.17, 15) is 9.59 Å². The lowest BCUT2D eigenvalue weighted by Crippen LogP contribution is -2.34. The summed E-state index contributed by atoms with van der Waals surface area (Å²) in [7, 11) is 3.66. The third-order valence-corrected chi connectivity index (χ3v) is 5.18. The first-order valence-electron chi connectivity index (χ1n) is 10.0. The minimum Gasteiger partial charge on any atom is -0.495 e. The molecule has 2 amide bonds. The predicted molar refractivity (Wildman–Crippen MR) is 114 cm³/mol. The zero-order chi connectivity index (χ0) is 20.6. The van der Waals surface area contributed by atoms with Gasteiger partial charge in [0.15, 0.2) is 0 Å². The summed E-state index contributed by atoms with van der Waals surface area (Å²) in [6.45, 7) is 2.78. The molecule has 154 valence electrons. The molecule has 0 unspecified atom stereocenters. The average Bonchev–Trinajstić information content (AvgIpc) is 3.13. The van der Waals surface area contributed by atoms with Gasteiger partial charge in [-0.2, -0.15) is 0 Å². The molecule has 1 N–H and O–H groups in total.